The van der Waals surface area contributed by atoms with E-state index in [2.05, 4.69) is 5.10 Å². The molecule has 1 unspecified atom stereocenters. The molecule has 1 aromatic heterocycles. The highest BCUT2D eigenvalue weighted by Gasteiger charge is 2.29. The van der Waals surface area contributed by atoms with E-state index in [1.54, 1.807) is 35.9 Å². The second kappa shape index (κ2) is 7.82. The molecular formula is C20H18ClFN4O2. The third-order valence-electron chi connectivity index (χ3n) is 4.43. The number of nitrogens with two attached hydrogens (primary N) is 1. The van der Waals surface area contributed by atoms with Crippen molar-refractivity contribution in [3.05, 3.63) is 82.4 Å². The van der Waals surface area contributed by atoms with Gasteiger partial charge >= 0.3 is 0 Å². The van der Waals surface area contributed by atoms with Gasteiger partial charge in [0.25, 0.3) is 5.91 Å². The zero-order chi connectivity index (χ0) is 20.4. The molecule has 144 valence electrons. The van der Waals surface area contributed by atoms with Gasteiger partial charge in [-0.3, -0.25) is 9.59 Å². The Labute approximate surface area is 166 Å². The van der Waals surface area contributed by atoms with Crippen molar-refractivity contribution in [1.82, 2.24) is 14.7 Å². The molecule has 2 N–H and O–H groups in total. The van der Waals surface area contributed by atoms with Crippen LogP contribution in [0.2, 0.25) is 5.02 Å². The van der Waals surface area contributed by atoms with E-state index in [0.29, 0.717) is 27.5 Å². The fraction of sp³-hybridized carbons (Fsp3) is 0.150. The van der Waals surface area contributed by atoms with Crippen LogP contribution < -0.4 is 5.73 Å². The Bertz CT molecular complexity index is 1050. The molecule has 0 aliphatic heterocycles. The summed E-state index contributed by atoms with van der Waals surface area (Å²) < 4.78 is 15.2. The lowest BCUT2D eigenvalue weighted by Crippen LogP contribution is -2.39. The molecule has 0 spiro atoms. The average molecular weight is 401 g/mol. The zero-order valence-corrected chi connectivity index (χ0v) is 16.0. The Morgan fingerprint density at radius 2 is 1.93 bits per heavy atom. The summed E-state index contributed by atoms with van der Waals surface area (Å²) >= 11 is 6.03. The van der Waals surface area contributed by atoms with Crippen LogP contribution in [0.1, 0.15) is 27.7 Å². The van der Waals surface area contributed by atoms with Gasteiger partial charge in [-0.1, -0.05) is 29.8 Å². The quantitative estimate of drug-likeness (QED) is 0.713. The van der Waals surface area contributed by atoms with E-state index in [1.165, 1.54) is 36.3 Å². The molecule has 2 amide bonds. The molecule has 2 aromatic carbocycles. The van der Waals surface area contributed by atoms with E-state index in [9.17, 15) is 14.0 Å². The number of primary amides is 1. The fourth-order valence-electron chi connectivity index (χ4n) is 3.05. The number of hydrogen-bond acceptors (Lipinski definition) is 3. The maximum Gasteiger partial charge on any atom is 0.258 e. The van der Waals surface area contributed by atoms with Crippen molar-refractivity contribution in [3.63, 3.8) is 0 Å². The topological polar surface area (TPSA) is 81.2 Å². The first-order chi connectivity index (χ1) is 13.3. The molecule has 1 atom stereocenters. The van der Waals surface area contributed by atoms with Crippen molar-refractivity contribution in [2.75, 3.05) is 7.05 Å². The predicted molar refractivity (Wildman–Crippen MR) is 104 cm³/mol. The Morgan fingerprint density at radius 1 is 1.21 bits per heavy atom. The van der Waals surface area contributed by atoms with Gasteiger partial charge in [-0.05, 0) is 42.8 Å². The zero-order valence-electron chi connectivity index (χ0n) is 15.3. The summed E-state index contributed by atoms with van der Waals surface area (Å²) in [5.74, 6) is -1.74. The minimum absolute atomic E-state index is 0.295. The lowest BCUT2D eigenvalue weighted by atomic mass is 10.0. The first-order valence-electron chi connectivity index (χ1n) is 8.42. The van der Waals surface area contributed by atoms with Gasteiger partial charge in [0.05, 0.1) is 23.1 Å². The molecule has 0 radical (unpaired) electrons. The van der Waals surface area contributed by atoms with Crippen LogP contribution in [-0.4, -0.2) is 33.5 Å². The summed E-state index contributed by atoms with van der Waals surface area (Å²) in [5, 5.41) is 4.80. The van der Waals surface area contributed by atoms with Crippen LogP contribution in [0.3, 0.4) is 0 Å². The third-order valence-corrected chi connectivity index (χ3v) is 4.67. The molecule has 0 aliphatic rings. The molecule has 8 heteroatoms. The van der Waals surface area contributed by atoms with E-state index in [0.717, 1.165) is 0 Å². The van der Waals surface area contributed by atoms with Gasteiger partial charge in [0.2, 0.25) is 5.91 Å². The Balaban J connectivity index is 1.96. The molecule has 0 saturated carbocycles. The van der Waals surface area contributed by atoms with Crippen LogP contribution in [0.25, 0.3) is 5.69 Å². The molecule has 3 aromatic rings. The molecule has 6 nitrogen and oxygen atoms in total. The number of carbonyl (C=O) groups is 2. The number of hydrogen-bond donors (Lipinski definition) is 1. The monoisotopic (exact) mass is 400 g/mol. The summed E-state index contributed by atoms with van der Waals surface area (Å²) in [4.78, 5) is 26.2. The highest BCUT2D eigenvalue weighted by Crippen LogP contribution is 2.24. The van der Waals surface area contributed by atoms with Crippen molar-refractivity contribution in [2.24, 2.45) is 5.73 Å². The number of likely N-dealkylation sites (N-methyl/N-ethyl adjacent to an activating group) is 1. The number of carbonyl (C=O) groups excluding carboxylic acids is 2. The Kier molecular flexibility index (Phi) is 5.46. The Morgan fingerprint density at radius 3 is 2.57 bits per heavy atom. The van der Waals surface area contributed by atoms with Gasteiger partial charge in [-0.25, -0.2) is 9.07 Å². The molecule has 3 rings (SSSR count). The number of halogens is 2. The van der Waals surface area contributed by atoms with Crippen molar-refractivity contribution < 1.29 is 14.0 Å². The van der Waals surface area contributed by atoms with Crippen LogP contribution in [0.5, 0.6) is 0 Å². The number of benzene rings is 2. The SMILES string of the molecule is Cc1c(C(=O)N(C)C(C(N)=O)c2cccc(F)c2)cnn1-c1cccc(Cl)c1. The largest absolute Gasteiger partial charge is 0.368 e. The molecule has 0 bridgehead atoms. The van der Waals surface area contributed by atoms with Crippen molar-refractivity contribution in [3.8, 4) is 5.69 Å². The van der Waals surface area contributed by atoms with E-state index in [4.69, 9.17) is 17.3 Å². The normalized spacial score (nSPS) is 11.9. The van der Waals surface area contributed by atoms with Gasteiger partial charge in [0, 0.05) is 12.1 Å². The lowest BCUT2D eigenvalue weighted by Gasteiger charge is -2.26. The standard InChI is InChI=1S/C20H18ClFN4O2/c1-12-17(11-24-26(12)16-8-4-6-14(21)10-16)20(28)25(2)18(19(23)27)13-5-3-7-15(22)9-13/h3-11,18H,1-2H3,(H2,23,27). The molecular weight excluding hydrogens is 383 g/mol. The van der Waals surface area contributed by atoms with E-state index in [1.807, 2.05) is 6.07 Å². The van der Waals surface area contributed by atoms with E-state index >= 15 is 0 Å². The second-order valence-electron chi connectivity index (χ2n) is 6.31. The predicted octanol–water partition coefficient (Wildman–Crippen LogP) is 3.27. The van der Waals surface area contributed by atoms with E-state index in [-0.39, 0.29) is 0 Å². The van der Waals surface area contributed by atoms with Gasteiger partial charge < -0.3 is 10.6 Å². The summed E-state index contributed by atoms with van der Waals surface area (Å²) in [7, 11) is 1.44. The van der Waals surface area contributed by atoms with Gasteiger partial charge in [-0.15, -0.1) is 0 Å². The summed E-state index contributed by atoms with van der Waals surface area (Å²) in [6.07, 6.45) is 1.42. The average Bonchev–Trinajstić information content (AvgIpc) is 3.02. The molecule has 28 heavy (non-hydrogen) atoms. The first-order valence-corrected chi connectivity index (χ1v) is 8.80. The van der Waals surface area contributed by atoms with Crippen molar-refractivity contribution in [2.45, 2.75) is 13.0 Å². The van der Waals surface area contributed by atoms with Crippen LogP contribution in [0, 0.1) is 12.7 Å². The Hall–Kier alpha value is -3.19. The summed E-state index contributed by atoms with van der Waals surface area (Å²) in [6, 6.07) is 11.4. The van der Waals surface area contributed by atoms with Crippen LogP contribution in [-0.2, 0) is 4.79 Å². The summed E-state index contributed by atoms with van der Waals surface area (Å²) in [6.45, 7) is 1.73. The minimum Gasteiger partial charge on any atom is -0.368 e. The number of amides is 2. The maximum atomic E-state index is 13.6. The molecule has 0 fully saturated rings. The third kappa shape index (κ3) is 3.75. The highest BCUT2D eigenvalue weighted by molar-refractivity contribution is 6.30. The summed E-state index contributed by atoms with van der Waals surface area (Å²) in [5.41, 5.74) is 7.36. The van der Waals surface area contributed by atoms with Crippen LogP contribution in [0.4, 0.5) is 4.39 Å². The fourth-order valence-corrected chi connectivity index (χ4v) is 3.23. The molecule has 0 saturated heterocycles. The number of rotatable bonds is 5. The minimum atomic E-state index is -1.11. The van der Waals surface area contributed by atoms with Crippen LogP contribution >= 0.6 is 11.6 Å². The second-order valence-corrected chi connectivity index (χ2v) is 6.75. The smallest absolute Gasteiger partial charge is 0.258 e. The molecule has 1 heterocycles. The van der Waals surface area contributed by atoms with E-state index < -0.39 is 23.7 Å². The van der Waals surface area contributed by atoms with Gasteiger partial charge in [-0.2, -0.15) is 5.10 Å². The lowest BCUT2D eigenvalue weighted by molar-refractivity contribution is -0.122. The first kappa shape index (κ1) is 19.6. The highest BCUT2D eigenvalue weighted by atomic mass is 35.5. The van der Waals surface area contributed by atoms with Crippen molar-refractivity contribution in [1.29, 1.82) is 0 Å². The molecule has 0 aliphatic carbocycles. The number of aromatic nitrogens is 2. The van der Waals surface area contributed by atoms with Crippen LogP contribution in [0.15, 0.2) is 54.7 Å². The maximum absolute atomic E-state index is 13.6. The van der Waals surface area contributed by atoms with Gasteiger partial charge in [0.1, 0.15) is 11.9 Å². The van der Waals surface area contributed by atoms with Crippen molar-refractivity contribution >= 4 is 23.4 Å². The number of nitrogens with zero attached hydrogens (tertiary/aromatic N) is 3. The van der Waals surface area contributed by atoms with Gasteiger partial charge in [0.15, 0.2) is 0 Å².